The van der Waals surface area contributed by atoms with Crippen LogP contribution in [0, 0.1) is 0 Å². The van der Waals surface area contributed by atoms with Crippen molar-refractivity contribution in [2.45, 2.75) is 38.4 Å². The average Bonchev–Trinajstić information content (AvgIpc) is 3.46. The van der Waals surface area contributed by atoms with Gasteiger partial charge in [-0.3, -0.25) is 19.2 Å². The van der Waals surface area contributed by atoms with Crippen LogP contribution >= 0.6 is 0 Å². The summed E-state index contributed by atoms with van der Waals surface area (Å²) < 4.78 is 1.60. The van der Waals surface area contributed by atoms with Crippen molar-refractivity contribution in [1.82, 2.24) is 14.7 Å². The van der Waals surface area contributed by atoms with Gasteiger partial charge in [-0.1, -0.05) is 36.4 Å². The Balaban J connectivity index is 1.37. The SMILES string of the molecule is CC(C(=O)Nc1cccc(NC(=O)C2CCCN2Cc2ccccc2)c1)n1cccn1. The zero-order valence-corrected chi connectivity index (χ0v) is 17.6. The molecule has 0 radical (unpaired) electrons. The molecule has 7 nitrogen and oxygen atoms in total. The zero-order valence-electron chi connectivity index (χ0n) is 17.6. The molecule has 31 heavy (non-hydrogen) atoms. The minimum atomic E-state index is -0.432. The van der Waals surface area contributed by atoms with E-state index in [0.29, 0.717) is 11.4 Å². The molecule has 2 amide bonds. The lowest BCUT2D eigenvalue weighted by atomic mass is 10.1. The average molecular weight is 418 g/mol. The third-order valence-corrected chi connectivity index (χ3v) is 5.59. The van der Waals surface area contributed by atoms with Crippen LogP contribution < -0.4 is 10.6 Å². The van der Waals surface area contributed by atoms with Crippen molar-refractivity contribution in [3.63, 3.8) is 0 Å². The normalized spacial score (nSPS) is 17.3. The Morgan fingerprint density at radius 2 is 1.84 bits per heavy atom. The van der Waals surface area contributed by atoms with Crippen LogP contribution in [0.3, 0.4) is 0 Å². The number of hydrogen-bond donors (Lipinski definition) is 2. The number of carbonyl (C=O) groups excluding carboxylic acids is 2. The van der Waals surface area contributed by atoms with Gasteiger partial charge in [-0.25, -0.2) is 0 Å². The van der Waals surface area contributed by atoms with Crippen LogP contribution in [-0.2, 0) is 16.1 Å². The number of likely N-dealkylation sites (tertiary alicyclic amines) is 1. The molecule has 0 spiro atoms. The first-order chi connectivity index (χ1) is 15.1. The molecule has 1 aliphatic heterocycles. The van der Waals surface area contributed by atoms with E-state index in [1.165, 1.54) is 5.56 Å². The first-order valence-corrected chi connectivity index (χ1v) is 10.6. The van der Waals surface area contributed by atoms with E-state index >= 15 is 0 Å². The molecule has 4 rings (SSSR count). The molecule has 2 aromatic carbocycles. The number of carbonyl (C=O) groups is 2. The second-order valence-electron chi connectivity index (χ2n) is 7.84. The van der Waals surface area contributed by atoms with Gasteiger partial charge in [0.2, 0.25) is 11.8 Å². The maximum absolute atomic E-state index is 13.0. The Morgan fingerprint density at radius 1 is 1.06 bits per heavy atom. The molecule has 2 heterocycles. The molecule has 2 unspecified atom stereocenters. The topological polar surface area (TPSA) is 79.3 Å². The molecule has 2 N–H and O–H groups in total. The van der Waals surface area contributed by atoms with Crippen LogP contribution in [0.25, 0.3) is 0 Å². The molecular formula is C24H27N5O2. The molecule has 1 fully saturated rings. The Morgan fingerprint density at radius 3 is 2.58 bits per heavy atom. The van der Waals surface area contributed by atoms with Crippen LogP contribution in [0.4, 0.5) is 11.4 Å². The fourth-order valence-electron chi connectivity index (χ4n) is 3.91. The quantitative estimate of drug-likeness (QED) is 0.615. The highest BCUT2D eigenvalue weighted by molar-refractivity contribution is 5.97. The summed E-state index contributed by atoms with van der Waals surface area (Å²) in [6, 6.07) is 18.7. The van der Waals surface area contributed by atoms with Crippen molar-refractivity contribution in [3.05, 3.63) is 78.6 Å². The van der Waals surface area contributed by atoms with Gasteiger partial charge in [0.05, 0.1) is 6.04 Å². The summed E-state index contributed by atoms with van der Waals surface area (Å²) in [5, 5.41) is 10.0. The number of nitrogens with zero attached hydrogens (tertiary/aromatic N) is 3. The van der Waals surface area contributed by atoms with Gasteiger partial charge in [0.1, 0.15) is 6.04 Å². The minimum Gasteiger partial charge on any atom is -0.325 e. The van der Waals surface area contributed by atoms with Crippen molar-refractivity contribution in [2.24, 2.45) is 0 Å². The maximum atomic E-state index is 13.0. The Labute approximate surface area is 182 Å². The molecule has 1 saturated heterocycles. The predicted molar refractivity (Wildman–Crippen MR) is 121 cm³/mol. The van der Waals surface area contributed by atoms with E-state index in [9.17, 15) is 9.59 Å². The van der Waals surface area contributed by atoms with Gasteiger partial charge in [0.15, 0.2) is 0 Å². The van der Waals surface area contributed by atoms with E-state index in [4.69, 9.17) is 0 Å². The standard InChI is InChI=1S/C24H27N5O2/c1-18(29-15-7-13-25-29)23(30)26-20-10-5-11-21(16-20)27-24(31)22-12-6-14-28(22)17-19-8-3-2-4-9-19/h2-5,7-11,13,15-16,18,22H,6,12,14,17H2,1H3,(H,26,30)(H,27,31). The van der Waals surface area contributed by atoms with Crippen LogP contribution in [0.5, 0.6) is 0 Å². The number of amides is 2. The number of hydrogen-bond acceptors (Lipinski definition) is 4. The summed E-state index contributed by atoms with van der Waals surface area (Å²) in [5.41, 5.74) is 2.51. The summed E-state index contributed by atoms with van der Waals surface area (Å²) in [5.74, 6) is -0.182. The third-order valence-electron chi connectivity index (χ3n) is 5.59. The molecular weight excluding hydrogens is 390 g/mol. The number of nitrogens with one attached hydrogen (secondary N) is 2. The smallest absolute Gasteiger partial charge is 0.248 e. The molecule has 0 bridgehead atoms. The van der Waals surface area contributed by atoms with Crippen LogP contribution in [0.1, 0.15) is 31.4 Å². The summed E-state index contributed by atoms with van der Waals surface area (Å²) in [4.78, 5) is 27.7. The summed E-state index contributed by atoms with van der Waals surface area (Å²) in [6.07, 6.45) is 5.25. The molecule has 2 atom stereocenters. The first-order valence-electron chi connectivity index (χ1n) is 10.6. The van der Waals surface area contributed by atoms with Gasteiger partial charge < -0.3 is 10.6 Å². The predicted octanol–water partition coefficient (Wildman–Crippen LogP) is 3.69. The fourth-order valence-corrected chi connectivity index (χ4v) is 3.91. The van der Waals surface area contributed by atoms with Crippen molar-refractivity contribution in [1.29, 1.82) is 0 Å². The van der Waals surface area contributed by atoms with Gasteiger partial charge in [-0.2, -0.15) is 5.10 Å². The van der Waals surface area contributed by atoms with Crippen molar-refractivity contribution >= 4 is 23.2 Å². The van der Waals surface area contributed by atoms with Gasteiger partial charge in [0, 0.05) is 30.3 Å². The van der Waals surface area contributed by atoms with E-state index in [1.54, 1.807) is 42.2 Å². The second-order valence-corrected chi connectivity index (χ2v) is 7.84. The molecule has 7 heteroatoms. The van der Waals surface area contributed by atoms with E-state index in [0.717, 1.165) is 25.9 Å². The third kappa shape index (κ3) is 5.19. The van der Waals surface area contributed by atoms with Crippen molar-refractivity contribution < 1.29 is 9.59 Å². The summed E-state index contributed by atoms with van der Waals surface area (Å²) in [7, 11) is 0. The molecule has 0 aliphatic carbocycles. The molecule has 0 saturated carbocycles. The highest BCUT2D eigenvalue weighted by atomic mass is 16.2. The maximum Gasteiger partial charge on any atom is 0.248 e. The van der Waals surface area contributed by atoms with Gasteiger partial charge in [-0.05, 0) is 56.1 Å². The Bertz CT molecular complexity index is 1020. The van der Waals surface area contributed by atoms with E-state index < -0.39 is 6.04 Å². The lowest BCUT2D eigenvalue weighted by molar-refractivity contribution is -0.120. The lowest BCUT2D eigenvalue weighted by Gasteiger charge is -2.24. The second kappa shape index (κ2) is 9.57. The highest BCUT2D eigenvalue weighted by Crippen LogP contribution is 2.23. The lowest BCUT2D eigenvalue weighted by Crippen LogP contribution is -2.39. The summed E-state index contributed by atoms with van der Waals surface area (Å²) in [6.45, 7) is 3.46. The zero-order chi connectivity index (χ0) is 21.6. The largest absolute Gasteiger partial charge is 0.325 e. The Hall–Kier alpha value is -3.45. The van der Waals surface area contributed by atoms with E-state index in [1.807, 2.05) is 30.3 Å². The number of rotatable bonds is 7. The van der Waals surface area contributed by atoms with Crippen molar-refractivity contribution in [2.75, 3.05) is 17.2 Å². The monoisotopic (exact) mass is 417 g/mol. The minimum absolute atomic E-state index is 0.0122. The fraction of sp³-hybridized carbons (Fsp3) is 0.292. The molecule has 1 aliphatic rings. The molecule has 3 aromatic rings. The van der Waals surface area contributed by atoms with Gasteiger partial charge in [-0.15, -0.1) is 0 Å². The molecule has 1 aromatic heterocycles. The van der Waals surface area contributed by atoms with Gasteiger partial charge in [0.25, 0.3) is 0 Å². The van der Waals surface area contributed by atoms with Crippen LogP contribution in [0.15, 0.2) is 73.1 Å². The van der Waals surface area contributed by atoms with E-state index in [-0.39, 0.29) is 17.9 Å². The first kappa shape index (κ1) is 20.8. The number of aromatic nitrogens is 2. The highest BCUT2D eigenvalue weighted by Gasteiger charge is 2.30. The van der Waals surface area contributed by atoms with Crippen LogP contribution in [-0.4, -0.2) is 39.1 Å². The Kier molecular flexibility index (Phi) is 6.43. The van der Waals surface area contributed by atoms with Gasteiger partial charge >= 0.3 is 0 Å². The van der Waals surface area contributed by atoms with Crippen molar-refractivity contribution in [3.8, 4) is 0 Å². The van der Waals surface area contributed by atoms with E-state index in [2.05, 4.69) is 32.8 Å². The summed E-state index contributed by atoms with van der Waals surface area (Å²) >= 11 is 0. The number of anilines is 2. The number of benzene rings is 2. The van der Waals surface area contributed by atoms with Crippen LogP contribution in [0.2, 0.25) is 0 Å². The molecule has 160 valence electrons.